The number of likely N-dealkylation sites (tertiary alicyclic amines) is 1. The minimum atomic E-state index is -1.69. The zero-order chi connectivity index (χ0) is 52.2. The van der Waals surface area contributed by atoms with Gasteiger partial charge < -0.3 is 79.2 Å². The van der Waals surface area contributed by atoms with Gasteiger partial charge in [-0.3, -0.25) is 48.1 Å². The molecule has 0 spiro atoms. The van der Waals surface area contributed by atoms with Gasteiger partial charge in [-0.15, -0.1) is 0 Å². The van der Waals surface area contributed by atoms with Crippen molar-refractivity contribution in [1.82, 2.24) is 57.4 Å². The number of aromatic amines is 1. The lowest BCUT2D eigenvalue weighted by Gasteiger charge is -2.32. The predicted molar refractivity (Wildman–Crippen MR) is 248 cm³/mol. The minimum Gasteiger partial charge on any atom is -0.481 e. The summed E-state index contributed by atoms with van der Waals surface area (Å²) in [5, 5.41) is 50.1. The van der Waals surface area contributed by atoms with Crippen LogP contribution in [-0.2, 0) is 54.4 Å². The normalized spacial score (nSPS) is 18.5. The number of carboxylic acids is 2. The summed E-state index contributed by atoms with van der Waals surface area (Å²) in [5.41, 5.74) is 11.1. The first-order valence-electron chi connectivity index (χ1n) is 23.3. The van der Waals surface area contributed by atoms with E-state index in [-0.39, 0.29) is 57.1 Å². The molecule has 8 amide bonds. The van der Waals surface area contributed by atoms with E-state index >= 15 is 0 Å². The van der Waals surface area contributed by atoms with Gasteiger partial charge in [-0.25, -0.2) is 9.78 Å². The summed E-state index contributed by atoms with van der Waals surface area (Å²) < 4.78 is 0. The average molecular weight is 991 g/mol. The van der Waals surface area contributed by atoms with Gasteiger partial charge in [-0.05, 0) is 70.3 Å². The Labute approximate surface area is 404 Å². The van der Waals surface area contributed by atoms with Crippen LogP contribution in [-0.4, -0.2) is 176 Å². The fraction of sp³-hybridized carbons (Fsp3) is 0.674. The molecule has 390 valence electrons. The number of aliphatic hydroxyl groups excluding tert-OH is 1. The smallest absolute Gasteiger partial charge is 0.326 e. The van der Waals surface area contributed by atoms with Crippen LogP contribution in [0.4, 0.5) is 0 Å². The summed E-state index contributed by atoms with van der Waals surface area (Å²) in [4.78, 5) is 143. The quantitative estimate of drug-likeness (QED) is 0.0213. The van der Waals surface area contributed by atoms with Crippen LogP contribution in [0.25, 0.3) is 0 Å². The average Bonchev–Trinajstić information content (AvgIpc) is 4.10. The summed E-state index contributed by atoms with van der Waals surface area (Å²) >= 11 is 0. The van der Waals surface area contributed by atoms with Crippen LogP contribution in [0.15, 0.2) is 17.5 Å². The van der Waals surface area contributed by atoms with Crippen LogP contribution in [0.3, 0.4) is 0 Å². The van der Waals surface area contributed by atoms with Crippen molar-refractivity contribution in [2.45, 2.75) is 147 Å². The number of amides is 8. The van der Waals surface area contributed by atoms with E-state index in [0.717, 1.165) is 6.42 Å². The van der Waals surface area contributed by atoms with Gasteiger partial charge in [-0.2, -0.15) is 0 Å². The second kappa shape index (κ2) is 27.9. The molecule has 2 fully saturated rings. The maximum absolute atomic E-state index is 14.2. The topological polar surface area (TPSA) is 424 Å². The van der Waals surface area contributed by atoms with E-state index in [2.05, 4.69) is 57.5 Å². The van der Waals surface area contributed by atoms with Crippen molar-refractivity contribution in [3.8, 4) is 0 Å². The van der Waals surface area contributed by atoms with Gasteiger partial charge in [0.1, 0.15) is 42.3 Å². The summed E-state index contributed by atoms with van der Waals surface area (Å²) in [6.07, 6.45) is 2.40. The Morgan fingerprint density at radius 3 is 2.04 bits per heavy atom. The SMILES string of the molecule is CC(C)C[C@H](NC(=O)[C@@H]1CCCN1)C(=O)N[C@@H](CC(=O)O)C(=O)NCC(=O)N[C@H](C(=O)N[C@H](C(=O)N1CCC[C@H]1C(=O)N[C@@H](Cc1cnc[nH]1)C(=O)N[C@@H](CCCN=C(N)N)C(=O)O)C(C)C)[C@@H](C)O. The Morgan fingerprint density at radius 1 is 0.800 bits per heavy atom. The van der Waals surface area contributed by atoms with Crippen molar-refractivity contribution in [2.24, 2.45) is 28.3 Å². The minimum absolute atomic E-state index is 0.0381. The number of aromatic nitrogens is 2. The summed E-state index contributed by atoms with van der Waals surface area (Å²) in [5.74, 6) is -10.3. The number of nitrogens with zero attached hydrogens (tertiary/aromatic N) is 3. The third-order valence-electron chi connectivity index (χ3n) is 11.5. The van der Waals surface area contributed by atoms with E-state index in [0.29, 0.717) is 25.1 Å². The van der Waals surface area contributed by atoms with Crippen molar-refractivity contribution >= 4 is 65.2 Å². The highest BCUT2D eigenvalue weighted by Crippen LogP contribution is 2.21. The molecule has 16 N–H and O–H groups in total. The standard InChI is InChI=1S/C43H70N14O13/c1-21(2)15-27(52-36(63)25-9-6-12-47-25)37(64)53-29(17-32(60)61)35(62)49-19-31(59)55-34(23(5)58)40(67)56-33(22(3)4)41(68)57-14-8-11-30(57)39(66)54-28(16-24-18-46-20-50-24)38(65)51-26(42(69)70)10-7-13-48-43(44)45/h18,20-23,25-30,33-34,47,58H,6-17,19H2,1-5H3,(H,46,50)(H,49,62)(H,51,65)(H,52,63)(H,53,64)(H,54,66)(H,55,59)(H,56,67)(H,60,61)(H,69,70)(H4,44,45,48)/t23-,25+,26+,27+,28+,29+,30+,33+,34+/m1/s1. The van der Waals surface area contributed by atoms with Crippen LogP contribution in [0, 0.1) is 11.8 Å². The summed E-state index contributed by atoms with van der Waals surface area (Å²) in [6.45, 7) is 8.00. The maximum atomic E-state index is 14.2. The molecule has 0 bridgehead atoms. The number of rotatable bonds is 28. The number of nitrogens with one attached hydrogen (secondary N) is 9. The molecule has 0 unspecified atom stereocenters. The lowest BCUT2D eigenvalue weighted by molar-refractivity contribution is -0.144. The van der Waals surface area contributed by atoms with E-state index in [4.69, 9.17) is 11.5 Å². The predicted octanol–water partition coefficient (Wildman–Crippen LogP) is -4.58. The number of hydrogen-bond acceptors (Lipinski definition) is 14. The zero-order valence-corrected chi connectivity index (χ0v) is 40.1. The number of H-pyrrole nitrogens is 1. The molecular formula is C43H70N14O13. The van der Waals surface area contributed by atoms with Crippen molar-refractivity contribution in [1.29, 1.82) is 0 Å². The number of hydrogen-bond donors (Lipinski definition) is 14. The lowest BCUT2D eigenvalue weighted by atomic mass is 10.0. The Balaban J connectivity index is 1.68. The highest BCUT2D eigenvalue weighted by atomic mass is 16.4. The first-order valence-corrected chi connectivity index (χ1v) is 23.3. The molecular weight excluding hydrogens is 921 g/mol. The number of imidazole rings is 1. The number of nitrogens with two attached hydrogens (primary N) is 2. The van der Waals surface area contributed by atoms with E-state index in [9.17, 15) is 63.3 Å². The molecule has 27 nitrogen and oxygen atoms in total. The first kappa shape index (κ1) is 57.4. The van der Waals surface area contributed by atoms with Gasteiger partial charge >= 0.3 is 11.9 Å². The van der Waals surface area contributed by atoms with Crippen LogP contribution < -0.4 is 54.0 Å². The second-order valence-electron chi connectivity index (χ2n) is 18.1. The number of carbonyl (C=O) groups excluding carboxylic acids is 8. The maximum Gasteiger partial charge on any atom is 0.326 e. The van der Waals surface area contributed by atoms with Gasteiger partial charge in [0.05, 0.1) is 31.4 Å². The van der Waals surface area contributed by atoms with Crippen molar-refractivity contribution in [3.05, 3.63) is 18.2 Å². The van der Waals surface area contributed by atoms with E-state index in [1.54, 1.807) is 13.8 Å². The molecule has 3 rings (SSSR count). The molecule has 0 saturated carbocycles. The fourth-order valence-corrected chi connectivity index (χ4v) is 7.83. The number of aliphatic carboxylic acids is 2. The molecule has 0 aromatic carbocycles. The monoisotopic (exact) mass is 991 g/mol. The van der Waals surface area contributed by atoms with Gasteiger partial charge in [0.2, 0.25) is 47.3 Å². The molecule has 3 heterocycles. The van der Waals surface area contributed by atoms with E-state index < -0.39 is 133 Å². The first-order chi connectivity index (χ1) is 33.0. The van der Waals surface area contributed by atoms with Gasteiger partial charge in [0, 0.05) is 31.4 Å². The van der Waals surface area contributed by atoms with Crippen molar-refractivity contribution < 1.29 is 63.3 Å². The molecule has 0 radical (unpaired) electrons. The molecule has 9 atom stereocenters. The summed E-state index contributed by atoms with van der Waals surface area (Å²) in [7, 11) is 0. The molecule has 27 heteroatoms. The van der Waals surface area contributed by atoms with Gasteiger partial charge in [-0.1, -0.05) is 27.7 Å². The Morgan fingerprint density at radius 2 is 1.47 bits per heavy atom. The van der Waals surface area contributed by atoms with Crippen molar-refractivity contribution in [2.75, 3.05) is 26.2 Å². The largest absolute Gasteiger partial charge is 0.481 e. The molecule has 0 aliphatic carbocycles. The summed E-state index contributed by atoms with van der Waals surface area (Å²) in [6, 6.07) is -10.1. The molecule has 2 aliphatic heterocycles. The van der Waals surface area contributed by atoms with E-state index in [1.807, 2.05) is 13.8 Å². The molecule has 2 saturated heterocycles. The Hall–Kier alpha value is -6.90. The fourth-order valence-electron chi connectivity index (χ4n) is 7.83. The third kappa shape index (κ3) is 18.5. The molecule has 2 aliphatic rings. The highest BCUT2D eigenvalue weighted by molar-refractivity contribution is 5.98. The van der Waals surface area contributed by atoms with Gasteiger partial charge in [0.25, 0.3) is 0 Å². The lowest BCUT2D eigenvalue weighted by Crippen LogP contribution is -2.61. The number of carboxylic acid groups (broad SMARTS) is 2. The highest BCUT2D eigenvalue weighted by Gasteiger charge is 2.41. The molecule has 1 aromatic heterocycles. The number of guanidine groups is 1. The second-order valence-corrected chi connectivity index (χ2v) is 18.1. The Kier molecular flexibility index (Phi) is 22.9. The van der Waals surface area contributed by atoms with Crippen LogP contribution >= 0.6 is 0 Å². The molecule has 70 heavy (non-hydrogen) atoms. The number of aliphatic hydroxyl groups is 1. The zero-order valence-electron chi connectivity index (χ0n) is 40.1. The van der Waals surface area contributed by atoms with Gasteiger partial charge in [0.15, 0.2) is 5.96 Å². The van der Waals surface area contributed by atoms with Crippen LogP contribution in [0.2, 0.25) is 0 Å². The number of aliphatic imine (C=N–C) groups is 1. The third-order valence-corrected chi connectivity index (χ3v) is 11.5. The molecule has 1 aromatic rings. The van der Waals surface area contributed by atoms with Crippen LogP contribution in [0.1, 0.15) is 91.7 Å². The Bertz CT molecular complexity index is 2020. The van der Waals surface area contributed by atoms with E-state index in [1.165, 1.54) is 24.3 Å². The van der Waals surface area contributed by atoms with Crippen LogP contribution in [0.5, 0.6) is 0 Å². The van der Waals surface area contributed by atoms with Crippen molar-refractivity contribution in [3.63, 3.8) is 0 Å². The number of carbonyl (C=O) groups is 10.